The van der Waals surface area contributed by atoms with Gasteiger partial charge in [-0.05, 0) is 33.3 Å². The third-order valence-corrected chi connectivity index (χ3v) is 4.46. The highest BCUT2D eigenvalue weighted by Crippen LogP contribution is 2.15. The number of rotatable bonds is 4. The summed E-state index contributed by atoms with van der Waals surface area (Å²) in [6.45, 7) is 7.20. The molecule has 0 heterocycles. The van der Waals surface area contributed by atoms with E-state index in [0.29, 0.717) is 0 Å². The lowest BCUT2D eigenvalue weighted by Gasteiger charge is -2.16. The molecular formula is C12H19NO2S. The highest BCUT2D eigenvalue weighted by molar-refractivity contribution is 7.90. The minimum atomic E-state index is -3.21. The average Bonchev–Trinajstić information content (AvgIpc) is 2.17. The Bertz CT molecular complexity index is 435. The number of hydrogen-bond donors (Lipinski definition) is 1. The Labute approximate surface area is 97.9 Å². The van der Waals surface area contributed by atoms with Crippen LogP contribution in [0.3, 0.4) is 0 Å². The van der Waals surface area contributed by atoms with E-state index in [-0.39, 0.29) is 6.04 Å². The Kier molecular flexibility index (Phi) is 4.10. The van der Waals surface area contributed by atoms with Crippen molar-refractivity contribution in [3.63, 3.8) is 0 Å². The van der Waals surface area contributed by atoms with Crippen molar-refractivity contribution in [3.8, 4) is 0 Å². The summed E-state index contributed by atoms with van der Waals surface area (Å²) in [5.41, 5.74) is 2.15. The van der Waals surface area contributed by atoms with Gasteiger partial charge in [0.1, 0.15) is 0 Å². The van der Waals surface area contributed by atoms with Gasteiger partial charge >= 0.3 is 0 Å². The molecule has 1 aromatic rings. The Morgan fingerprint density at radius 2 is 1.56 bits per heavy atom. The van der Waals surface area contributed by atoms with Crippen LogP contribution in [0.25, 0.3) is 0 Å². The van der Waals surface area contributed by atoms with Crippen LogP contribution in [0.4, 0.5) is 0 Å². The average molecular weight is 241 g/mol. The number of hydrogen-bond acceptors (Lipinski definition) is 2. The van der Waals surface area contributed by atoms with Crippen molar-refractivity contribution >= 4 is 10.0 Å². The van der Waals surface area contributed by atoms with Crippen LogP contribution >= 0.6 is 0 Å². The van der Waals surface area contributed by atoms with Crippen LogP contribution in [0.2, 0.25) is 0 Å². The standard InChI is InChI=1S/C12H19NO2S/c1-9(2)16(14,15)13-11(4)12-7-5-10(3)6-8-12/h5-9,11,13H,1-4H3/t11-/m0/s1. The third-order valence-electron chi connectivity index (χ3n) is 2.54. The predicted octanol–water partition coefficient (Wildman–Crippen LogP) is 2.38. The maximum absolute atomic E-state index is 11.7. The quantitative estimate of drug-likeness (QED) is 0.879. The molecule has 0 aliphatic heterocycles. The zero-order valence-electron chi connectivity index (χ0n) is 10.2. The number of nitrogens with one attached hydrogen (secondary N) is 1. The Morgan fingerprint density at radius 1 is 1.06 bits per heavy atom. The Balaban J connectivity index is 2.81. The molecule has 4 heteroatoms. The van der Waals surface area contributed by atoms with Gasteiger partial charge in [-0.2, -0.15) is 0 Å². The number of aryl methyl sites for hydroxylation is 1. The fraction of sp³-hybridized carbons (Fsp3) is 0.500. The smallest absolute Gasteiger partial charge is 0.212 e. The predicted molar refractivity (Wildman–Crippen MR) is 66.8 cm³/mol. The first-order chi connectivity index (χ1) is 7.33. The normalized spacial score (nSPS) is 14.1. The van der Waals surface area contributed by atoms with Crippen molar-refractivity contribution in [2.24, 2.45) is 0 Å². The molecule has 0 unspecified atom stereocenters. The minimum Gasteiger partial charge on any atom is -0.212 e. The molecule has 0 aromatic heterocycles. The summed E-state index contributed by atoms with van der Waals surface area (Å²) in [7, 11) is -3.21. The number of sulfonamides is 1. The van der Waals surface area contributed by atoms with E-state index in [2.05, 4.69) is 4.72 Å². The van der Waals surface area contributed by atoms with E-state index < -0.39 is 15.3 Å². The molecule has 1 aromatic carbocycles. The fourth-order valence-corrected chi connectivity index (χ4v) is 2.21. The van der Waals surface area contributed by atoms with E-state index in [1.54, 1.807) is 13.8 Å². The molecule has 16 heavy (non-hydrogen) atoms. The third kappa shape index (κ3) is 3.32. The minimum absolute atomic E-state index is 0.187. The first-order valence-corrected chi connectivity index (χ1v) is 6.95. The topological polar surface area (TPSA) is 46.2 Å². The highest BCUT2D eigenvalue weighted by Gasteiger charge is 2.19. The van der Waals surface area contributed by atoms with Crippen LogP contribution in [-0.4, -0.2) is 13.7 Å². The maximum Gasteiger partial charge on any atom is 0.214 e. The second-order valence-electron chi connectivity index (χ2n) is 4.34. The zero-order valence-corrected chi connectivity index (χ0v) is 11.0. The van der Waals surface area contributed by atoms with E-state index in [1.165, 1.54) is 5.56 Å². The SMILES string of the molecule is Cc1ccc([C@H](C)NS(=O)(=O)C(C)C)cc1. The summed E-state index contributed by atoms with van der Waals surface area (Å²) in [6, 6.07) is 7.67. The van der Waals surface area contributed by atoms with Gasteiger partial charge in [-0.25, -0.2) is 13.1 Å². The lowest BCUT2D eigenvalue weighted by molar-refractivity contribution is 0.558. The van der Waals surface area contributed by atoms with E-state index in [0.717, 1.165) is 5.56 Å². The van der Waals surface area contributed by atoms with Gasteiger partial charge < -0.3 is 0 Å². The summed E-state index contributed by atoms with van der Waals surface area (Å²) >= 11 is 0. The van der Waals surface area contributed by atoms with Crippen LogP contribution in [0.15, 0.2) is 24.3 Å². The Morgan fingerprint density at radius 3 is 2.00 bits per heavy atom. The fourth-order valence-electron chi connectivity index (χ4n) is 1.31. The second-order valence-corrected chi connectivity index (χ2v) is 6.61. The largest absolute Gasteiger partial charge is 0.214 e. The van der Waals surface area contributed by atoms with Crippen molar-refractivity contribution in [1.82, 2.24) is 4.72 Å². The molecule has 0 spiro atoms. The maximum atomic E-state index is 11.7. The second kappa shape index (κ2) is 4.97. The molecule has 1 N–H and O–H groups in total. The van der Waals surface area contributed by atoms with Gasteiger partial charge in [0.2, 0.25) is 10.0 Å². The van der Waals surface area contributed by atoms with Gasteiger partial charge in [-0.3, -0.25) is 0 Å². The molecule has 0 aliphatic carbocycles. The molecule has 0 radical (unpaired) electrons. The molecule has 0 aliphatic rings. The molecule has 1 rings (SSSR count). The highest BCUT2D eigenvalue weighted by atomic mass is 32.2. The van der Waals surface area contributed by atoms with Gasteiger partial charge in [0.25, 0.3) is 0 Å². The summed E-state index contributed by atoms with van der Waals surface area (Å²) in [5.74, 6) is 0. The van der Waals surface area contributed by atoms with E-state index in [9.17, 15) is 8.42 Å². The monoisotopic (exact) mass is 241 g/mol. The van der Waals surface area contributed by atoms with Gasteiger partial charge in [0.05, 0.1) is 5.25 Å². The van der Waals surface area contributed by atoms with Gasteiger partial charge in [-0.15, -0.1) is 0 Å². The Hall–Kier alpha value is -0.870. The summed E-state index contributed by atoms with van der Waals surface area (Å²) in [6.07, 6.45) is 0. The number of benzene rings is 1. The lowest BCUT2D eigenvalue weighted by atomic mass is 10.1. The van der Waals surface area contributed by atoms with E-state index in [1.807, 2.05) is 38.1 Å². The summed E-state index contributed by atoms with van der Waals surface area (Å²) < 4.78 is 26.0. The molecule has 0 amide bonds. The van der Waals surface area contributed by atoms with Crippen molar-refractivity contribution in [2.75, 3.05) is 0 Å². The van der Waals surface area contributed by atoms with Crippen molar-refractivity contribution in [2.45, 2.75) is 39.0 Å². The lowest BCUT2D eigenvalue weighted by Crippen LogP contribution is -2.32. The van der Waals surface area contributed by atoms with Gasteiger partial charge in [-0.1, -0.05) is 29.8 Å². The molecule has 0 saturated carbocycles. The molecule has 0 fully saturated rings. The molecule has 3 nitrogen and oxygen atoms in total. The molecule has 90 valence electrons. The van der Waals surface area contributed by atoms with Crippen LogP contribution in [0.1, 0.15) is 37.9 Å². The van der Waals surface area contributed by atoms with Gasteiger partial charge in [0, 0.05) is 6.04 Å². The van der Waals surface area contributed by atoms with Gasteiger partial charge in [0.15, 0.2) is 0 Å². The van der Waals surface area contributed by atoms with Crippen LogP contribution in [0.5, 0.6) is 0 Å². The molecule has 1 atom stereocenters. The van der Waals surface area contributed by atoms with Crippen molar-refractivity contribution in [3.05, 3.63) is 35.4 Å². The zero-order chi connectivity index (χ0) is 12.3. The van der Waals surface area contributed by atoms with Crippen molar-refractivity contribution in [1.29, 1.82) is 0 Å². The van der Waals surface area contributed by atoms with Crippen LogP contribution < -0.4 is 4.72 Å². The van der Waals surface area contributed by atoms with E-state index in [4.69, 9.17) is 0 Å². The summed E-state index contributed by atoms with van der Waals surface area (Å²) in [4.78, 5) is 0. The van der Waals surface area contributed by atoms with Crippen molar-refractivity contribution < 1.29 is 8.42 Å². The molecular weight excluding hydrogens is 222 g/mol. The van der Waals surface area contributed by atoms with Crippen LogP contribution in [0, 0.1) is 6.92 Å². The molecule has 0 bridgehead atoms. The first kappa shape index (κ1) is 13.2. The summed E-state index contributed by atoms with van der Waals surface area (Å²) in [5, 5.41) is -0.402. The van der Waals surface area contributed by atoms with Crippen LogP contribution in [-0.2, 0) is 10.0 Å². The first-order valence-electron chi connectivity index (χ1n) is 5.40. The molecule has 0 saturated heterocycles. The van der Waals surface area contributed by atoms with E-state index >= 15 is 0 Å².